The molecule has 2 aromatic rings. The third-order valence-corrected chi connectivity index (χ3v) is 4.87. The quantitative estimate of drug-likeness (QED) is 0.794. The number of carboxylic acid groups (broad SMARTS) is 1. The highest BCUT2D eigenvalue weighted by molar-refractivity contribution is 5.95. The minimum atomic E-state index is -5.08. The second-order valence-electron chi connectivity index (χ2n) is 6.55. The smallest absolute Gasteiger partial charge is 0.475 e. The van der Waals surface area contributed by atoms with Gasteiger partial charge >= 0.3 is 12.1 Å². The number of hydrogen-bond acceptors (Lipinski definition) is 7. The molecular weight excluding hydrogens is 395 g/mol. The van der Waals surface area contributed by atoms with E-state index in [1.54, 1.807) is 19.3 Å². The second kappa shape index (κ2) is 8.05. The van der Waals surface area contributed by atoms with E-state index in [0.717, 1.165) is 31.9 Å². The van der Waals surface area contributed by atoms with Crippen molar-refractivity contribution in [2.75, 3.05) is 18.0 Å². The fourth-order valence-electron chi connectivity index (χ4n) is 3.58. The molecule has 0 aromatic carbocycles. The van der Waals surface area contributed by atoms with Gasteiger partial charge in [0, 0.05) is 25.5 Å². The highest BCUT2D eigenvalue weighted by Gasteiger charge is 2.45. The average molecular weight is 413 g/mol. The maximum atomic E-state index is 12.7. The van der Waals surface area contributed by atoms with Crippen molar-refractivity contribution in [2.24, 2.45) is 0 Å². The van der Waals surface area contributed by atoms with Crippen LogP contribution in [-0.4, -0.2) is 68.4 Å². The molecule has 2 saturated heterocycles. The zero-order chi connectivity index (χ0) is 21.2. The van der Waals surface area contributed by atoms with E-state index in [4.69, 9.17) is 14.4 Å². The highest BCUT2D eigenvalue weighted by Crippen LogP contribution is 2.34. The minimum absolute atomic E-state index is 0.0158. The van der Waals surface area contributed by atoms with E-state index in [0.29, 0.717) is 17.4 Å². The largest absolute Gasteiger partial charge is 0.490 e. The number of carboxylic acids is 1. The Morgan fingerprint density at radius 3 is 2.34 bits per heavy atom. The number of likely N-dealkylation sites (tertiary alicyclic amines) is 1. The lowest BCUT2D eigenvalue weighted by molar-refractivity contribution is -0.192. The Labute approximate surface area is 163 Å². The first kappa shape index (κ1) is 20.6. The Morgan fingerprint density at radius 2 is 1.79 bits per heavy atom. The summed E-state index contributed by atoms with van der Waals surface area (Å²) in [6, 6.07) is 2.33. The number of alkyl halides is 3. The Morgan fingerprint density at radius 1 is 1.17 bits per heavy atom. The van der Waals surface area contributed by atoms with Gasteiger partial charge in [-0.05, 0) is 25.8 Å². The topological polar surface area (TPSA) is 113 Å². The van der Waals surface area contributed by atoms with Crippen molar-refractivity contribution in [1.82, 2.24) is 20.0 Å². The van der Waals surface area contributed by atoms with Gasteiger partial charge in [0.2, 0.25) is 5.95 Å². The lowest BCUT2D eigenvalue weighted by Crippen LogP contribution is -2.40. The summed E-state index contributed by atoms with van der Waals surface area (Å²) in [5.41, 5.74) is 0.565. The van der Waals surface area contributed by atoms with E-state index in [2.05, 4.69) is 20.0 Å². The molecule has 2 atom stereocenters. The van der Waals surface area contributed by atoms with Crippen molar-refractivity contribution in [3.63, 3.8) is 0 Å². The van der Waals surface area contributed by atoms with Gasteiger partial charge in [-0.25, -0.2) is 14.8 Å². The van der Waals surface area contributed by atoms with Crippen molar-refractivity contribution < 1.29 is 32.4 Å². The van der Waals surface area contributed by atoms with Crippen LogP contribution in [0.5, 0.6) is 0 Å². The molecule has 2 fully saturated rings. The standard InChI is InChI=1S/C15H17N5O2.C2HF3O2/c1-10-11(9-18-22-10)14(21)19-7-3-13-12(19)4-8-20(13)15-16-5-2-6-17-15;3-2(4,5)1(6)7/h2,5-6,9,12-13H,3-4,7-8H2,1H3;(H,6,7)/t12-,13+;/m1./s1. The van der Waals surface area contributed by atoms with Crippen molar-refractivity contribution in [3.05, 3.63) is 36.0 Å². The van der Waals surface area contributed by atoms with Crippen LogP contribution in [0.15, 0.2) is 29.2 Å². The first-order chi connectivity index (χ1) is 13.7. The van der Waals surface area contributed by atoms with Gasteiger partial charge in [-0.1, -0.05) is 5.16 Å². The van der Waals surface area contributed by atoms with Gasteiger partial charge in [0.25, 0.3) is 5.91 Å². The molecule has 9 nitrogen and oxygen atoms in total. The number of carbonyl (C=O) groups is 2. The number of carbonyl (C=O) groups excluding carboxylic acids is 1. The molecule has 1 amide bonds. The van der Waals surface area contributed by atoms with Gasteiger partial charge in [-0.15, -0.1) is 0 Å². The van der Waals surface area contributed by atoms with E-state index in [1.165, 1.54) is 6.20 Å². The average Bonchev–Trinajstić information content (AvgIpc) is 3.37. The fourth-order valence-corrected chi connectivity index (χ4v) is 3.58. The Hall–Kier alpha value is -3.18. The number of hydrogen-bond donors (Lipinski definition) is 1. The summed E-state index contributed by atoms with van der Waals surface area (Å²) in [6.45, 7) is 3.40. The molecule has 4 heterocycles. The monoisotopic (exact) mass is 413 g/mol. The van der Waals surface area contributed by atoms with Gasteiger partial charge < -0.3 is 19.4 Å². The molecule has 12 heteroatoms. The number of anilines is 1. The molecule has 2 aromatic heterocycles. The number of aromatic nitrogens is 3. The molecule has 1 N–H and O–H groups in total. The summed E-state index contributed by atoms with van der Waals surface area (Å²) in [7, 11) is 0. The van der Waals surface area contributed by atoms with E-state index in [9.17, 15) is 18.0 Å². The van der Waals surface area contributed by atoms with Crippen LogP contribution in [0, 0.1) is 6.92 Å². The van der Waals surface area contributed by atoms with E-state index < -0.39 is 12.1 Å². The molecule has 2 aliphatic rings. The number of rotatable bonds is 2. The van der Waals surface area contributed by atoms with Crippen LogP contribution in [0.1, 0.15) is 29.0 Å². The van der Waals surface area contributed by atoms with E-state index >= 15 is 0 Å². The Balaban J connectivity index is 0.000000298. The highest BCUT2D eigenvalue weighted by atomic mass is 19.4. The Kier molecular flexibility index (Phi) is 5.71. The zero-order valence-corrected chi connectivity index (χ0v) is 15.3. The van der Waals surface area contributed by atoms with Crippen LogP contribution in [0.3, 0.4) is 0 Å². The molecule has 0 radical (unpaired) electrons. The predicted molar refractivity (Wildman–Crippen MR) is 92.2 cm³/mol. The van der Waals surface area contributed by atoms with E-state index in [-0.39, 0.29) is 11.9 Å². The molecule has 0 spiro atoms. The summed E-state index contributed by atoms with van der Waals surface area (Å²) < 4.78 is 36.8. The SMILES string of the molecule is Cc1oncc1C(=O)N1CC[C@H]2[C@H]1CCN2c1ncccn1.O=C(O)C(F)(F)F. The van der Waals surface area contributed by atoms with Crippen LogP contribution >= 0.6 is 0 Å². The molecule has 0 saturated carbocycles. The summed E-state index contributed by atoms with van der Waals surface area (Å²) >= 11 is 0. The Bertz CT molecular complexity index is 873. The van der Waals surface area contributed by atoms with Gasteiger partial charge in [0.15, 0.2) is 0 Å². The van der Waals surface area contributed by atoms with Crippen molar-refractivity contribution in [1.29, 1.82) is 0 Å². The van der Waals surface area contributed by atoms with Crippen LogP contribution in [0.25, 0.3) is 0 Å². The van der Waals surface area contributed by atoms with Crippen LogP contribution in [0.2, 0.25) is 0 Å². The molecule has 156 valence electrons. The minimum Gasteiger partial charge on any atom is -0.475 e. The van der Waals surface area contributed by atoms with Gasteiger partial charge in [0.05, 0.1) is 18.3 Å². The van der Waals surface area contributed by atoms with E-state index in [1.807, 2.05) is 11.0 Å². The molecule has 29 heavy (non-hydrogen) atoms. The maximum absolute atomic E-state index is 12.7. The third-order valence-electron chi connectivity index (χ3n) is 4.87. The van der Waals surface area contributed by atoms with Crippen LogP contribution in [-0.2, 0) is 4.79 Å². The lowest BCUT2D eigenvalue weighted by Gasteiger charge is -2.25. The van der Waals surface area contributed by atoms with Gasteiger partial charge in [-0.3, -0.25) is 4.79 Å². The molecule has 0 aliphatic carbocycles. The molecular formula is C17H18F3N5O4. The lowest BCUT2D eigenvalue weighted by atomic mass is 10.1. The van der Waals surface area contributed by atoms with Gasteiger partial charge in [0.1, 0.15) is 11.3 Å². The van der Waals surface area contributed by atoms with Gasteiger partial charge in [-0.2, -0.15) is 13.2 Å². The number of aryl methyl sites for hydroxylation is 1. The summed E-state index contributed by atoms with van der Waals surface area (Å²) in [5, 5.41) is 10.8. The number of fused-ring (bicyclic) bond motifs is 1. The van der Waals surface area contributed by atoms with Crippen molar-refractivity contribution >= 4 is 17.8 Å². The summed E-state index contributed by atoms with van der Waals surface area (Å²) in [5.74, 6) is -1.41. The number of halogens is 3. The second-order valence-corrected chi connectivity index (χ2v) is 6.55. The van der Waals surface area contributed by atoms with Crippen molar-refractivity contribution in [3.8, 4) is 0 Å². The predicted octanol–water partition coefficient (Wildman–Crippen LogP) is 1.90. The number of nitrogens with zero attached hydrogens (tertiary/aromatic N) is 5. The molecule has 0 bridgehead atoms. The van der Waals surface area contributed by atoms with Crippen LogP contribution < -0.4 is 4.90 Å². The van der Waals surface area contributed by atoms with Crippen molar-refractivity contribution in [2.45, 2.75) is 38.0 Å². The van der Waals surface area contributed by atoms with Crippen LogP contribution in [0.4, 0.5) is 19.1 Å². The first-order valence-corrected chi connectivity index (χ1v) is 8.76. The zero-order valence-electron chi connectivity index (χ0n) is 15.3. The molecule has 0 unspecified atom stereocenters. The fraction of sp³-hybridized carbons (Fsp3) is 0.471. The number of aliphatic carboxylic acids is 1. The first-order valence-electron chi connectivity index (χ1n) is 8.76. The number of amides is 1. The third kappa shape index (κ3) is 4.30. The normalized spacial score (nSPS) is 20.8. The molecule has 4 rings (SSSR count). The maximum Gasteiger partial charge on any atom is 0.490 e. The summed E-state index contributed by atoms with van der Waals surface area (Å²) in [4.78, 5) is 34.4. The molecule has 2 aliphatic heterocycles. The summed E-state index contributed by atoms with van der Waals surface area (Å²) in [6.07, 6.45) is 1.83.